The first-order valence-electron chi connectivity index (χ1n) is 12.9. The van der Waals surface area contributed by atoms with Gasteiger partial charge in [0.2, 0.25) is 0 Å². The summed E-state index contributed by atoms with van der Waals surface area (Å²) in [6.45, 7) is 9.86. The molecule has 0 aromatic carbocycles. The van der Waals surface area contributed by atoms with Gasteiger partial charge in [-0.2, -0.15) is 0 Å². The molecule has 0 aromatic heterocycles. The second-order valence-corrected chi connectivity index (χ2v) is 12.6. The lowest BCUT2D eigenvalue weighted by atomic mass is 9.44. The Morgan fingerprint density at radius 3 is 2.44 bits per heavy atom. The van der Waals surface area contributed by atoms with E-state index in [-0.39, 0.29) is 46.8 Å². The van der Waals surface area contributed by atoms with Crippen molar-refractivity contribution in [2.75, 3.05) is 0 Å². The molecule has 6 nitrogen and oxygen atoms in total. The van der Waals surface area contributed by atoms with Crippen LogP contribution in [0.1, 0.15) is 73.1 Å². The standard InChI is InChI=1S/C28H36O6/c1-14-12-22(33-24(31)15(14)2)27(5,32)19-7-6-17-16-13-23-28(34-23)21(30)9-8-20(29)26(28,4)18(16)10-11-25(17,19)3/h8-9,16-19,22-23,32H,6-7,10-13H2,1-5H3/t16-,17-,18-,19-,22+,23+,25-,26-,27+,28+/m0/s1. The van der Waals surface area contributed by atoms with Crippen LogP contribution in [-0.2, 0) is 23.9 Å². The van der Waals surface area contributed by atoms with Crippen LogP contribution in [0.2, 0.25) is 0 Å². The summed E-state index contributed by atoms with van der Waals surface area (Å²) in [5, 5.41) is 11.9. The van der Waals surface area contributed by atoms with E-state index in [1.807, 2.05) is 20.8 Å². The molecule has 0 amide bonds. The van der Waals surface area contributed by atoms with Gasteiger partial charge in [-0.25, -0.2) is 4.79 Å². The van der Waals surface area contributed by atoms with Gasteiger partial charge in [0.25, 0.3) is 0 Å². The summed E-state index contributed by atoms with van der Waals surface area (Å²) in [5.41, 5.74) is -1.37. The van der Waals surface area contributed by atoms with Crippen molar-refractivity contribution >= 4 is 17.5 Å². The van der Waals surface area contributed by atoms with Crippen molar-refractivity contribution in [3.63, 3.8) is 0 Å². The lowest BCUT2D eigenvalue weighted by Crippen LogP contribution is -2.63. The molecule has 1 N–H and O–H groups in total. The number of hydrogen-bond acceptors (Lipinski definition) is 6. The van der Waals surface area contributed by atoms with E-state index in [2.05, 4.69) is 6.92 Å². The van der Waals surface area contributed by atoms with E-state index in [0.717, 1.165) is 37.7 Å². The average molecular weight is 469 g/mol. The minimum Gasteiger partial charge on any atom is -0.456 e. The third-order valence-electron chi connectivity index (χ3n) is 11.5. The van der Waals surface area contributed by atoms with Crippen molar-refractivity contribution in [2.24, 2.45) is 34.5 Å². The van der Waals surface area contributed by atoms with Gasteiger partial charge in [-0.15, -0.1) is 0 Å². The monoisotopic (exact) mass is 468 g/mol. The SMILES string of the molecule is CC1=C(C)C(=O)O[C@@H]([C@](C)(O)[C@H]2CC[C@H]3[C@@H]4C[C@H]5O[C@]56C(=O)C=CC(=O)[C@]6(C)[C@H]4CC[C@]23C)C1. The first-order valence-corrected chi connectivity index (χ1v) is 12.9. The Morgan fingerprint density at radius 2 is 1.74 bits per heavy atom. The highest BCUT2D eigenvalue weighted by atomic mass is 16.6. The van der Waals surface area contributed by atoms with Gasteiger partial charge in [-0.3, -0.25) is 9.59 Å². The highest BCUT2D eigenvalue weighted by molar-refractivity contribution is 6.15. The summed E-state index contributed by atoms with van der Waals surface area (Å²) < 4.78 is 11.9. The maximum absolute atomic E-state index is 13.3. The van der Waals surface area contributed by atoms with Crippen LogP contribution in [-0.4, -0.2) is 46.1 Å². The van der Waals surface area contributed by atoms with E-state index in [4.69, 9.17) is 9.47 Å². The normalized spacial score (nSPS) is 51.2. The number of ether oxygens (including phenoxy) is 2. The fourth-order valence-electron chi connectivity index (χ4n) is 9.38. The summed E-state index contributed by atoms with van der Waals surface area (Å²) in [6.07, 6.45) is 7.10. The zero-order chi connectivity index (χ0) is 24.4. The van der Waals surface area contributed by atoms with E-state index in [0.29, 0.717) is 17.9 Å². The largest absolute Gasteiger partial charge is 0.456 e. The van der Waals surface area contributed by atoms with Crippen molar-refractivity contribution in [3.8, 4) is 0 Å². The fraction of sp³-hybridized carbons (Fsp3) is 0.750. The lowest BCUT2D eigenvalue weighted by molar-refractivity contribution is -0.183. The van der Waals surface area contributed by atoms with Gasteiger partial charge >= 0.3 is 5.97 Å². The number of hydrogen-bond donors (Lipinski definition) is 1. The van der Waals surface area contributed by atoms with Crippen molar-refractivity contribution in [2.45, 2.75) is 96.6 Å². The van der Waals surface area contributed by atoms with Gasteiger partial charge < -0.3 is 14.6 Å². The molecule has 4 aliphatic carbocycles. The van der Waals surface area contributed by atoms with E-state index >= 15 is 0 Å². The topological polar surface area (TPSA) is 93.2 Å². The zero-order valence-corrected chi connectivity index (χ0v) is 20.8. The molecule has 2 heterocycles. The number of allylic oxidation sites excluding steroid dienone is 1. The molecular weight excluding hydrogens is 432 g/mol. The van der Waals surface area contributed by atoms with Gasteiger partial charge in [0, 0.05) is 12.0 Å². The number of ketones is 2. The number of aliphatic hydroxyl groups is 1. The van der Waals surface area contributed by atoms with Crippen LogP contribution >= 0.6 is 0 Å². The number of fused-ring (bicyclic) bond motifs is 4. The molecule has 6 rings (SSSR count). The summed E-state index contributed by atoms with van der Waals surface area (Å²) >= 11 is 0. The molecule has 6 aliphatic rings. The van der Waals surface area contributed by atoms with Crippen LogP contribution in [0.15, 0.2) is 23.3 Å². The van der Waals surface area contributed by atoms with Gasteiger partial charge in [-0.1, -0.05) is 12.5 Å². The van der Waals surface area contributed by atoms with Crippen LogP contribution in [0.4, 0.5) is 0 Å². The smallest absolute Gasteiger partial charge is 0.334 e. The van der Waals surface area contributed by atoms with Crippen molar-refractivity contribution < 1.29 is 29.0 Å². The Morgan fingerprint density at radius 1 is 1.03 bits per heavy atom. The number of carbonyl (C=O) groups excluding carboxylic acids is 3. The summed E-state index contributed by atoms with van der Waals surface area (Å²) in [7, 11) is 0. The quantitative estimate of drug-likeness (QED) is 0.491. The number of carbonyl (C=O) groups is 3. The van der Waals surface area contributed by atoms with Crippen LogP contribution in [0.5, 0.6) is 0 Å². The van der Waals surface area contributed by atoms with Gasteiger partial charge in [0.05, 0.1) is 11.5 Å². The number of epoxide rings is 1. The van der Waals surface area contributed by atoms with Crippen LogP contribution in [0.3, 0.4) is 0 Å². The van der Waals surface area contributed by atoms with Gasteiger partial charge in [-0.05, 0) is 101 Å². The zero-order valence-electron chi connectivity index (χ0n) is 20.8. The second kappa shape index (κ2) is 6.70. The van der Waals surface area contributed by atoms with Crippen molar-refractivity contribution in [1.82, 2.24) is 0 Å². The third kappa shape index (κ3) is 2.47. The van der Waals surface area contributed by atoms with E-state index < -0.39 is 22.7 Å². The Hall–Kier alpha value is -1.79. The first kappa shape index (κ1) is 22.7. The summed E-state index contributed by atoms with van der Waals surface area (Å²) in [5.74, 6) is 0.387. The minimum absolute atomic E-state index is 0.00171. The van der Waals surface area contributed by atoms with E-state index in [9.17, 15) is 19.5 Å². The first-order chi connectivity index (χ1) is 15.9. The summed E-state index contributed by atoms with van der Waals surface area (Å²) in [6, 6.07) is 0. The predicted octanol–water partition coefficient (Wildman–Crippen LogP) is 3.70. The molecule has 0 radical (unpaired) electrons. The van der Waals surface area contributed by atoms with E-state index in [1.165, 1.54) is 12.2 Å². The highest BCUT2D eigenvalue weighted by Gasteiger charge is 2.81. The van der Waals surface area contributed by atoms with Gasteiger partial charge in [0.15, 0.2) is 17.2 Å². The Kier molecular flexibility index (Phi) is 4.46. The second-order valence-electron chi connectivity index (χ2n) is 12.6. The maximum atomic E-state index is 13.3. The molecule has 3 saturated carbocycles. The van der Waals surface area contributed by atoms with Crippen LogP contribution in [0, 0.1) is 34.5 Å². The van der Waals surface area contributed by atoms with Crippen LogP contribution in [0.25, 0.3) is 0 Å². The van der Waals surface area contributed by atoms with Crippen molar-refractivity contribution in [1.29, 1.82) is 0 Å². The minimum atomic E-state index is -1.13. The Balaban J connectivity index is 1.32. The average Bonchev–Trinajstić information content (AvgIpc) is 3.40. The number of esters is 1. The molecule has 1 spiro atoms. The maximum Gasteiger partial charge on any atom is 0.334 e. The molecular formula is C28H36O6. The Labute approximate surface area is 201 Å². The number of cyclic esters (lactones) is 1. The fourth-order valence-corrected chi connectivity index (χ4v) is 9.38. The molecule has 184 valence electrons. The van der Waals surface area contributed by atoms with Crippen LogP contribution < -0.4 is 0 Å². The molecule has 4 fully saturated rings. The molecule has 2 aliphatic heterocycles. The van der Waals surface area contributed by atoms with Gasteiger partial charge in [0.1, 0.15) is 11.7 Å². The molecule has 0 aromatic rings. The molecule has 6 heteroatoms. The molecule has 34 heavy (non-hydrogen) atoms. The van der Waals surface area contributed by atoms with Crippen molar-refractivity contribution in [3.05, 3.63) is 23.3 Å². The molecule has 1 saturated heterocycles. The highest BCUT2D eigenvalue weighted by Crippen LogP contribution is 2.72. The molecule has 0 bridgehead atoms. The third-order valence-corrected chi connectivity index (χ3v) is 11.5. The van der Waals surface area contributed by atoms with E-state index in [1.54, 1.807) is 6.92 Å². The predicted molar refractivity (Wildman–Crippen MR) is 124 cm³/mol. The molecule has 0 unspecified atom stereocenters. The molecule has 10 atom stereocenters. The number of rotatable bonds is 2. The lowest BCUT2D eigenvalue weighted by Gasteiger charge is -2.58. The summed E-state index contributed by atoms with van der Waals surface area (Å²) in [4.78, 5) is 38.6. The Bertz CT molecular complexity index is 1070.